The van der Waals surface area contributed by atoms with Crippen LogP contribution in [0.25, 0.3) is 0 Å². The molecule has 0 heterocycles. The highest BCUT2D eigenvalue weighted by Gasteiger charge is 2.22. The molecule has 0 spiro atoms. The first-order chi connectivity index (χ1) is 9.29. The van der Waals surface area contributed by atoms with E-state index in [1.54, 1.807) is 12.1 Å². The Bertz CT molecular complexity index is 352. The molecule has 2 heteroatoms. The molecule has 1 aliphatic rings. The van der Waals surface area contributed by atoms with Gasteiger partial charge < -0.3 is 5.32 Å². The first-order valence-corrected chi connectivity index (χ1v) is 7.68. The fourth-order valence-electron chi connectivity index (χ4n) is 3.37. The van der Waals surface area contributed by atoms with Crippen molar-refractivity contribution >= 4 is 0 Å². The molecule has 1 fully saturated rings. The minimum atomic E-state index is -0.136. The molecule has 0 aromatic heterocycles. The number of nitrogens with one attached hydrogen (secondary N) is 1. The molecule has 1 atom stereocenters. The summed E-state index contributed by atoms with van der Waals surface area (Å²) in [5.74, 6) is 1.39. The fraction of sp³-hybridized carbons (Fsp3) is 0.647. The van der Waals surface area contributed by atoms with Gasteiger partial charge in [0.05, 0.1) is 0 Å². The predicted molar refractivity (Wildman–Crippen MR) is 78.7 cm³/mol. The van der Waals surface area contributed by atoms with Crippen molar-refractivity contribution in [1.82, 2.24) is 5.32 Å². The molecule has 0 amide bonds. The summed E-state index contributed by atoms with van der Waals surface area (Å²) in [4.78, 5) is 0. The van der Waals surface area contributed by atoms with Crippen molar-refractivity contribution in [3.05, 3.63) is 35.6 Å². The molecule has 0 aliphatic heterocycles. The van der Waals surface area contributed by atoms with Crippen molar-refractivity contribution in [2.24, 2.45) is 11.8 Å². The van der Waals surface area contributed by atoms with Gasteiger partial charge in [0, 0.05) is 0 Å². The summed E-state index contributed by atoms with van der Waals surface area (Å²) >= 11 is 0. The second kappa shape index (κ2) is 7.64. The molecular formula is C17H26FN. The quantitative estimate of drug-likeness (QED) is 0.786. The van der Waals surface area contributed by atoms with Crippen molar-refractivity contribution in [3.63, 3.8) is 0 Å². The molecule has 0 saturated heterocycles. The summed E-state index contributed by atoms with van der Waals surface area (Å²) in [6.45, 7) is 1.07. The Kier molecular flexibility index (Phi) is 5.84. The van der Waals surface area contributed by atoms with Gasteiger partial charge in [-0.1, -0.05) is 50.7 Å². The largest absolute Gasteiger partial charge is 0.319 e. The average molecular weight is 263 g/mol. The summed E-state index contributed by atoms with van der Waals surface area (Å²) in [6.07, 6.45) is 9.38. The van der Waals surface area contributed by atoms with E-state index in [9.17, 15) is 4.39 Å². The third-order valence-corrected chi connectivity index (χ3v) is 4.44. The minimum Gasteiger partial charge on any atom is -0.319 e. The predicted octanol–water partition coefficient (Wildman–Crippen LogP) is 4.17. The molecule has 1 nitrogen and oxygen atoms in total. The van der Waals surface area contributed by atoms with Crippen LogP contribution in [-0.4, -0.2) is 13.6 Å². The normalized spacial score (nSPS) is 19.1. The van der Waals surface area contributed by atoms with Crippen LogP contribution in [0.15, 0.2) is 24.3 Å². The summed E-state index contributed by atoms with van der Waals surface area (Å²) in [5, 5.41) is 3.34. The number of benzene rings is 1. The Labute approximate surface area is 116 Å². The Morgan fingerprint density at radius 3 is 2.32 bits per heavy atom. The van der Waals surface area contributed by atoms with Crippen molar-refractivity contribution in [2.45, 2.75) is 44.9 Å². The molecule has 1 aromatic rings. The van der Waals surface area contributed by atoms with Crippen LogP contribution in [0, 0.1) is 17.7 Å². The Hall–Kier alpha value is -0.890. The van der Waals surface area contributed by atoms with Crippen LogP contribution in [0.5, 0.6) is 0 Å². The maximum Gasteiger partial charge on any atom is 0.123 e. The number of halogens is 1. The van der Waals surface area contributed by atoms with E-state index in [-0.39, 0.29) is 5.82 Å². The Morgan fingerprint density at radius 1 is 1.11 bits per heavy atom. The van der Waals surface area contributed by atoms with Gasteiger partial charge >= 0.3 is 0 Å². The smallest absolute Gasteiger partial charge is 0.123 e. The van der Waals surface area contributed by atoms with Gasteiger partial charge in [-0.2, -0.15) is 0 Å². The monoisotopic (exact) mass is 263 g/mol. The van der Waals surface area contributed by atoms with Gasteiger partial charge in [0.25, 0.3) is 0 Å². The maximum atomic E-state index is 13.0. The lowest BCUT2D eigenvalue weighted by atomic mass is 9.82. The van der Waals surface area contributed by atoms with Crippen molar-refractivity contribution in [2.75, 3.05) is 13.6 Å². The summed E-state index contributed by atoms with van der Waals surface area (Å²) in [5.41, 5.74) is 1.27. The Morgan fingerprint density at radius 2 is 1.74 bits per heavy atom. The highest BCUT2D eigenvalue weighted by Crippen LogP contribution is 2.30. The molecule has 1 N–H and O–H groups in total. The lowest BCUT2D eigenvalue weighted by Crippen LogP contribution is -2.27. The van der Waals surface area contributed by atoms with Gasteiger partial charge in [-0.25, -0.2) is 4.39 Å². The van der Waals surface area contributed by atoms with Crippen LogP contribution in [0.4, 0.5) is 4.39 Å². The summed E-state index contributed by atoms with van der Waals surface area (Å²) < 4.78 is 13.0. The zero-order chi connectivity index (χ0) is 13.5. The first kappa shape index (κ1) is 14.5. The second-order valence-corrected chi connectivity index (χ2v) is 5.90. The van der Waals surface area contributed by atoms with Crippen molar-refractivity contribution in [1.29, 1.82) is 0 Å². The molecule has 1 aromatic carbocycles. The third kappa shape index (κ3) is 4.61. The molecule has 19 heavy (non-hydrogen) atoms. The first-order valence-electron chi connectivity index (χ1n) is 7.68. The van der Waals surface area contributed by atoms with Gasteiger partial charge in [0.15, 0.2) is 0 Å². The molecule has 1 aliphatic carbocycles. The topological polar surface area (TPSA) is 12.0 Å². The van der Waals surface area contributed by atoms with E-state index < -0.39 is 0 Å². The number of hydrogen-bond donors (Lipinski definition) is 1. The van der Waals surface area contributed by atoms with Crippen LogP contribution in [0.2, 0.25) is 0 Å². The van der Waals surface area contributed by atoms with Crippen molar-refractivity contribution < 1.29 is 4.39 Å². The molecule has 2 rings (SSSR count). The maximum absolute atomic E-state index is 13.0. The minimum absolute atomic E-state index is 0.136. The third-order valence-electron chi connectivity index (χ3n) is 4.44. The molecule has 106 valence electrons. The Balaban J connectivity index is 1.99. The van der Waals surface area contributed by atoms with Gasteiger partial charge in [-0.15, -0.1) is 0 Å². The highest BCUT2D eigenvalue weighted by atomic mass is 19.1. The SMILES string of the molecule is CNCC(Cc1ccc(F)cc1)C1CCCCCC1. The number of hydrogen-bond acceptors (Lipinski definition) is 1. The van der Waals surface area contributed by atoms with Crippen LogP contribution in [-0.2, 0) is 6.42 Å². The standard InChI is InChI=1S/C17H26FN/c1-19-13-16(15-6-4-2-3-5-7-15)12-14-8-10-17(18)11-9-14/h8-11,15-16,19H,2-7,12-13H2,1H3. The molecule has 1 saturated carbocycles. The van der Waals surface area contributed by atoms with E-state index in [1.165, 1.54) is 44.1 Å². The van der Waals surface area contributed by atoms with E-state index in [0.717, 1.165) is 18.9 Å². The van der Waals surface area contributed by atoms with Crippen LogP contribution < -0.4 is 5.32 Å². The van der Waals surface area contributed by atoms with Gasteiger partial charge in [-0.05, 0) is 49.5 Å². The summed E-state index contributed by atoms with van der Waals surface area (Å²) in [7, 11) is 2.04. The van der Waals surface area contributed by atoms with E-state index in [0.29, 0.717) is 5.92 Å². The van der Waals surface area contributed by atoms with Crippen LogP contribution >= 0.6 is 0 Å². The van der Waals surface area contributed by atoms with Gasteiger partial charge in [-0.3, -0.25) is 0 Å². The van der Waals surface area contributed by atoms with E-state index in [2.05, 4.69) is 5.32 Å². The summed E-state index contributed by atoms with van der Waals surface area (Å²) in [6, 6.07) is 7.04. The van der Waals surface area contributed by atoms with E-state index >= 15 is 0 Å². The van der Waals surface area contributed by atoms with Crippen LogP contribution in [0.1, 0.15) is 44.1 Å². The average Bonchev–Trinajstić information content (AvgIpc) is 2.70. The fourth-order valence-corrected chi connectivity index (χ4v) is 3.37. The van der Waals surface area contributed by atoms with E-state index in [1.807, 2.05) is 19.2 Å². The molecule has 0 bridgehead atoms. The zero-order valence-corrected chi connectivity index (χ0v) is 12.0. The molecule has 0 radical (unpaired) electrons. The lowest BCUT2D eigenvalue weighted by Gasteiger charge is -2.26. The zero-order valence-electron chi connectivity index (χ0n) is 12.0. The molecular weight excluding hydrogens is 237 g/mol. The van der Waals surface area contributed by atoms with Gasteiger partial charge in [0.2, 0.25) is 0 Å². The lowest BCUT2D eigenvalue weighted by molar-refractivity contribution is 0.289. The van der Waals surface area contributed by atoms with Crippen LogP contribution in [0.3, 0.4) is 0 Å². The number of rotatable bonds is 5. The van der Waals surface area contributed by atoms with Crippen molar-refractivity contribution in [3.8, 4) is 0 Å². The highest BCUT2D eigenvalue weighted by molar-refractivity contribution is 5.16. The van der Waals surface area contributed by atoms with Gasteiger partial charge in [0.1, 0.15) is 5.82 Å². The van der Waals surface area contributed by atoms with E-state index in [4.69, 9.17) is 0 Å². The second-order valence-electron chi connectivity index (χ2n) is 5.90. The molecule has 1 unspecified atom stereocenters.